The summed E-state index contributed by atoms with van der Waals surface area (Å²) in [6.07, 6.45) is 3.16. The predicted octanol–water partition coefficient (Wildman–Crippen LogP) is 4.17. The molecule has 0 N–H and O–H groups in total. The van der Waals surface area contributed by atoms with E-state index < -0.39 is 10.8 Å². The van der Waals surface area contributed by atoms with Crippen LogP contribution in [0.15, 0.2) is 35.2 Å². The van der Waals surface area contributed by atoms with Gasteiger partial charge in [0.2, 0.25) is 0 Å². The Balaban J connectivity index is 2.06. The molecular weight excluding hydrogens is 302 g/mol. The van der Waals surface area contributed by atoms with Crippen LogP contribution in [0.3, 0.4) is 0 Å². The maximum absolute atomic E-state index is 12.5. The normalized spacial score (nSPS) is 18.5. The SMILES string of the molecule is CCCS(=O)c1cc2c3c(cccc3c1)CC(N(CC)CC)C2. The molecule has 1 aliphatic rings. The minimum atomic E-state index is -0.873. The van der Waals surface area contributed by atoms with Crippen molar-refractivity contribution in [2.75, 3.05) is 18.8 Å². The summed E-state index contributed by atoms with van der Waals surface area (Å²) < 4.78 is 12.5. The van der Waals surface area contributed by atoms with E-state index in [4.69, 9.17) is 0 Å². The molecule has 2 nitrogen and oxygen atoms in total. The molecule has 0 heterocycles. The molecule has 0 bridgehead atoms. The topological polar surface area (TPSA) is 20.3 Å². The third-order valence-electron chi connectivity index (χ3n) is 5.01. The highest BCUT2D eigenvalue weighted by Crippen LogP contribution is 2.33. The van der Waals surface area contributed by atoms with Crippen molar-refractivity contribution in [3.8, 4) is 0 Å². The Bertz CT molecular complexity index is 721. The van der Waals surface area contributed by atoms with Crippen LogP contribution >= 0.6 is 0 Å². The van der Waals surface area contributed by atoms with Crippen molar-refractivity contribution in [3.05, 3.63) is 41.5 Å². The molecular formula is C20H27NOS. The standard InChI is InChI=1S/C20H27NOS/c1-4-10-23(22)19-13-16-9-7-8-15-11-18(21(5-2)6-3)12-17(14-19)20(15)16/h7-9,13-14,18H,4-6,10-12H2,1-3H3. The lowest BCUT2D eigenvalue weighted by Gasteiger charge is -2.34. The van der Waals surface area contributed by atoms with Crippen molar-refractivity contribution in [1.82, 2.24) is 4.90 Å². The molecule has 0 saturated heterocycles. The molecule has 124 valence electrons. The number of hydrogen-bond acceptors (Lipinski definition) is 2. The van der Waals surface area contributed by atoms with Gasteiger partial charge in [0.1, 0.15) is 0 Å². The fourth-order valence-corrected chi connectivity index (χ4v) is 5.05. The molecule has 23 heavy (non-hydrogen) atoms. The Hall–Kier alpha value is -1.19. The van der Waals surface area contributed by atoms with Gasteiger partial charge in [-0.1, -0.05) is 39.0 Å². The van der Waals surface area contributed by atoms with Crippen LogP contribution in [0.2, 0.25) is 0 Å². The number of likely N-dealkylation sites (N-methyl/N-ethyl adjacent to an activating group) is 1. The second-order valence-corrected chi connectivity index (χ2v) is 8.00. The molecule has 2 unspecified atom stereocenters. The highest BCUT2D eigenvalue weighted by atomic mass is 32.2. The molecule has 0 radical (unpaired) electrons. The van der Waals surface area contributed by atoms with E-state index >= 15 is 0 Å². The average molecular weight is 330 g/mol. The molecule has 0 fully saturated rings. The Morgan fingerprint density at radius 3 is 2.52 bits per heavy atom. The van der Waals surface area contributed by atoms with Gasteiger partial charge >= 0.3 is 0 Å². The van der Waals surface area contributed by atoms with Crippen molar-refractivity contribution in [1.29, 1.82) is 0 Å². The number of benzene rings is 2. The first-order valence-corrected chi connectivity index (χ1v) is 10.2. The summed E-state index contributed by atoms with van der Waals surface area (Å²) in [5.74, 6) is 0.754. The Morgan fingerprint density at radius 1 is 1.09 bits per heavy atom. The molecule has 0 saturated carbocycles. The molecule has 0 aromatic heterocycles. The van der Waals surface area contributed by atoms with E-state index in [1.54, 1.807) is 0 Å². The third kappa shape index (κ3) is 3.22. The summed E-state index contributed by atoms with van der Waals surface area (Å²) in [4.78, 5) is 3.56. The molecule has 3 rings (SSSR count). The van der Waals surface area contributed by atoms with E-state index in [1.165, 1.54) is 21.9 Å². The van der Waals surface area contributed by atoms with E-state index in [-0.39, 0.29) is 0 Å². The van der Waals surface area contributed by atoms with E-state index in [2.05, 4.69) is 56.0 Å². The largest absolute Gasteiger partial charge is 0.300 e. The van der Waals surface area contributed by atoms with Crippen molar-refractivity contribution in [2.24, 2.45) is 0 Å². The van der Waals surface area contributed by atoms with Crippen LogP contribution in [0.5, 0.6) is 0 Å². The van der Waals surface area contributed by atoms with Gasteiger partial charge in [0.25, 0.3) is 0 Å². The zero-order valence-corrected chi connectivity index (χ0v) is 15.3. The third-order valence-corrected chi connectivity index (χ3v) is 6.55. The van der Waals surface area contributed by atoms with E-state index in [1.807, 2.05) is 0 Å². The van der Waals surface area contributed by atoms with Crippen LogP contribution in [-0.2, 0) is 23.6 Å². The molecule has 1 aliphatic carbocycles. The first-order valence-electron chi connectivity index (χ1n) is 8.84. The van der Waals surface area contributed by atoms with Crippen LogP contribution in [0.1, 0.15) is 38.3 Å². The predicted molar refractivity (Wildman–Crippen MR) is 99.6 cm³/mol. The maximum Gasteiger partial charge on any atom is 0.0529 e. The van der Waals surface area contributed by atoms with Crippen molar-refractivity contribution in [2.45, 2.75) is 51.0 Å². The summed E-state index contributed by atoms with van der Waals surface area (Å²) >= 11 is 0. The molecule has 0 aliphatic heterocycles. The summed E-state index contributed by atoms with van der Waals surface area (Å²) in [5.41, 5.74) is 2.84. The fraction of sp³-hybridized carbons (Fsp3) is 0.500. The Morgan fingerprint density at radius 2 is 1.83 bits per heavy atom. The molecule has 0 spiro atoms. The van der Waals surface area contributed by atoms with E-state index in [0.717, 1.165) is 43.0 Å². The van der Waals surface area contributed by atoms with Gasteiger partial charge < -0.3 is 4.90 Å². The summed E-state index contributed by atoms with van der Waals surface area (Å²) in [6, 6.07) is 11.5. The van der Waals surface area contributed by atoms with Crippen LogP contribution in [0.25, 0.3) is 10.8 Å². The highest BCUT2D eigenvalue weighted by Gasteiger charge is 2.25. The van der Waals surface area contributed by atoms with Gasteiger partial charge in [0.15, 0.2) is 0 Å². The van der Waals surface area contributed by atoms with Gasteiger partial charge in [0, 0.05) is 16.7 Å². The van der Waals surface area contributed by atoms with Crippen LogP contribution in [-0.4, -0.2) is 34.0 Å². The van der Waals surface area contributed by atoms with Gasteiger partial charge in [-0.3, -0.25) is 4.21 Å². The van der Waals surface area contributed by atoms with E-state index in [9.17, 15) is 4.21 Å². The van der Waals surface area contributed by atoms with Crippen LogP contribution in [0.4, 0.5) is 0 Å². The monoisotopic (exact) mass is 329 g/mol. The lowest BCUT2D eigenvalue weighted by Crippen LogP contribution is -2.39. The number of rotatable bonds is 6. The smallest absolute Gasteiger partial charge is 0.0529 e. The molecule has 2 atom stereocenters. The molecule has 2 aromatic carbocycles. The first-order chi connectivity index (χ1) is 11.2. The van der Waals surface area contributed by atoms with E-state index in [0.29, 0.717) is 6.04 Å². The quantitative estimate of drug-likeness (QED) is 0.793. The van der Waals surface area contributed by atoms with Crippen LogP contribution in [0, 0.1) is 0 Å². The Kier molecular flexibility index (Phi) is 5.17. The first kappa shape index (κ1) is 16.7. The zero-order valence-electron chi connectivity index (χ0n) is 14.5. The maximum atomic E-state index is 12.5. The van der Waals surface area contributed by atoms with Gasteiger partial charge in [-0.2, -0.15) is 0 Å². The minimum Gasteiger partial charge on any atom is -0.300 e. The number of nitrogens with zero attached hydrogens (tertiary/aromatic N) is 1. The highest BCUT2D eigenvalue weighted by molar-refractivity contribution is 7.85. The van der Waals surface area contributed by atoms with Crippen molar-refractivity contribution < 1.29 is 4.21 Å². The van der Waals surface area contributed by atoms with Gasteiger partial charge in [-0.25, -0.2) is 0 Å². The zero-order chi connectivity index (χ0) is 16.4. The molecule has 3 heteroatoms. The lowest BCUT2D eigenvalue weighted by atomic mass is 9.85. The number of hydrogen-bond donors (Lipinski definition) is 0. The van der Waals surface area contributed by atoms with Crippen molar-refractivity contribution >= 4 is 21.6 Å². The Labute approximate surface area is 142 Å². The second kappa shape index (κ2) is 7.14. The van der Waals surface area contributed by atoms with Gasteiger partial charge in [-0.05, 0) is 66.4 Å². The van der Waals surface area contributed by atoms with Crippen molar-refractivity contribution in [3.63, 3.8) is 0 Å². The lowest BCUT2D eigenvalue weighted by molar-refractivity contribution is 0.212. The summed E-state index contributed by atoms with van der Waals surface area (Å²) in [6.45, 7) is 8.76. The van der Waals surface area contributed by atoms with Gasteiger partial charge in [-0.15, -0.1) is 0 Å². The second-order valence-electron chi connectivity index (χ2n) is 6.43. The fourth-order valence-electron chi connectivity index (χ4n) is 3.91. The minimum absolute atomic E-state index is 0.568. The molecule has 2 aromatic rings. The summed E-state index contributed by atoms with van der Waals surface area (Å²) in [7, 11) is -0.873. The molecule has 0 amide bonds. The van der Waals surface area contributed by atoms with Crippen LogP contribution < -0.4 is 0 Å². The van der Waals surface area contributed by atoms with Gasteiger partial charge in [0.05, 0.1) is 10.8 Å². The average Bonchev–Trinajstić information content (AvgIpc) is 2.56. The summed E-state index contributed by atoms with van der Waals surface area (Å²) in [5, 5.41) is 2.67.